The largest absolute Gasteiger partial charge is 0.367 e. The number of hydrogen-bond acceptors (Lipinski definition) is 2. The first-order valence-electron chi connectivity index (χ1n) is 4.01. The number of carbonyl (C=O) groups excluding carboxylic acids is 1. The van der Waals surface area contributed by atoms with Gasteiger partial charge in [-0.15, -0.1) is 0 Å². The molecule has 1 spiro atoms. The summed E-state index contributed by atoms with van der Waals surface area (Å²) < 4.78 is 5.46. The Morgan fingerprint density at radius 1 is 1.30 bits per heavy atom. The van der Waals surface area contributed by atoms with Gasteiger partial charge >= 0.3 is 0 Å². The van der Waals surface area contributed by atoms with Gasteiger partial charge in [0.25, 0.3) is 0 Å². The third-order valence-electron chi connectivity index (χ3n) is 2.63. The van der Waals surface area contributed by atoms with E-state index in [1.807, 2.05) is 0 Å². The second-order valence-corrected chi connectivity index (χ2v) is 3.22. The molecule has 0 atom stereocenters. The van der Waals surface area contributed by atoms with Crippen molar-refractivity contribution >= 4 is 5.78 Å². The Balaban J connectivity index is 2.19. The van der Waals surface area contributed by atoms with Crippen LogP contribution in [0.4, 0.5) is 0 Å². The van der Waals surface area contributed by atoms with Crippen molar-refractivity contribution in [2.75, 3.05) is 6.61 Å². The van der Waals surface area contributed by atoms with Crippen LogP contribution in [0.2, 0.25) is 0 Å². The molecule has 0 radical (unpaired) electrons. The summed E-state index contributed by atoms with van der Waals surface area (Å²) in [5.41, 5.74) is -0.292. The Bertz CT molecular complexity index is 151. The maximum atomic E-state index is 11.3. The number of rotatable bonds is 0. The Morgan fingerprint density at radius 2 is 2.00 bits per heavy atom. The van der Waals surface area contributed by atoms with E-state index in [4.69, 9.17) is 4.74 Å². The van der Waals surface area contributed by atoms with Crippen LogP contribution < -0.4 is 0 Å². The highest BCUT2D eigenvalue weighted by Gasteiger charge is 2.45. The lowest BCUT2D eigenvalue weighted by Gasteiger charge is -2.18. The first kappa shape index (κ1) is 6.35. The number of Topliss-reactive ketones (excluding diaryl/α,β-unsaturated/α-hetero) is 1. The minimum Gasteiger partial charge on any atom is -0.367 e. The zero-order valence-electron chi connectivity index (χ0n) is 6.06. The molecule has 1 saturated carbocycles. The van der Waals surface area contributed by atoms with E-state index in [9.17, 15) is 4.79 Å². The highest BCUT2D eigenvalue weighted by atomic mass is 16.5. The van der Waals surface area contributed by atoms with E-state index in [2.05, 4.69) is 0 Å². The van der Waals surface area contributed by atoms with Gasteiger partial charge in [-0.1, -0.05) is 0 Å². The lowest BCUT2D eigenvalue weighted by atomic mass is 9.97. The maximum absolute atomic E-state index is 11.3. The van der Waals surface area contributed by atoms with Gasteiger partial charge in [-0.3, -0.25) is 4.79 Å². The fraction of sp³-hybridized carbons (Fsp3) is 0.875. The van der Waals surface area contributed by atoms with Crippen LogP contribution in [0.5, 0.6) is 0 Å². The molecule has 2 heteroatoms. The fourth-order valence-corrected chi connectivity index (χ4v) is 2.02. The van der Waals surface area contributed by atoms with E-state index in [1.165, 1.54) is 12.8 Å². The average molecular weight is 140 g/mol. The molecule has 2 aliphatic rings. The van der Waals surface area contributed by atoms with Gasteiger partial charge in [-0.2, -0.15) is 0 Å². The molecule has 56 valence electrons. The molecule has 1 aliphatic heterocycles. The minimum atomic E-state index is -0.292. The quantitative estimate of drug-likeness (QED) is 0.506. The molecule has 2 fully saturated rings. The van der Waals surface area contributed by atoms with E-state index in [0.717, 1.165) is 12.8 Å². The zero-order valence-corrected chi connectivity index (χ0v) is 6.06. The molecule has 0 aromatic rings. The molecule has 1 heterocycles. The molecule has 1 saturated heterocycles. The van der Waals surface area contributed by atoms with Gasteiger partial charge in [0, 0.05) is 6.42 Å². The normalized spacial score (nSPS) is 30.2. The van der Waals surface area contributed by atoms with E-state index < -0.39 is 0 Å². The molecule has 0 aromatic heterocycles. The summed E-state index contributed by atoms with van der Waals surface area (Å²) in [5, 5.41) is 0. The Kier molecular flexibility index (Phi) is 1.31. The van der Waals surface area contributed by atoms with Gasteiger partial charge in [0.05, 0.1) is 6.61 Å². The van der Waals surface area contributed by atoms with Crippen molar-refractivity contribution in [1.82, 2.24) is 0 Å². The Morgan fingerprint density at radius 3 is 2.50 bits per heavy atom. The number of ketones is 1. The highest BCUT2D eigenvalue weighted by Crippen LogP contribution is 2.38. The van der Waals surface area contributed by atoms with Crippen LogP contribution in [0.25, 0.3) is 0 Å². The highest BCUT2D eigenvalue weighted by molar-refractivity contribution is 5.89. The van der Waals surface area contributed by atoms with Gasteiger partial charge in [0.2, 0.25) is 0 Å². The molecule has 0 amide bonds. The van der Waals surface area contributed by atoms with Crippen molar-refractivity contribution in [1.29, 1.82) is 0 Å². The molecular formula is C8H12O2. The topological polar surface area (TPSA) is 26.3 Å². The van der Waals surface area contributed by atoms with Gasteiger partial charge in [-0.05, 0) is 25.7 Å². The monoisotopic (exact) mass is 140 g/mol. The van der Waals surface area contributed by atoms with Crippen molar-refractivity contribution in [2.24, 2.45) is 0 Å². The summed E-state index contributed by atoms with van der Waals surface area (Å²) in [6, 6.07) is 0. The zero-order chi connectivity index (χ0) is 7.03. The fourth-order valence-electron chi connectivity index (χ4n) is 2.02. The molecule has 2 nitrogen and oxygen atoms in total. The number of carbonyl (C=O) groups is 1. The number of hydrogen-bond donors (Lipinski definition) is 0. The van der Waals surface area contributed by atoms with E-state index in [-0.39, 0.29) is 5.60 Å². The van der Waals surface area contributed by atoms with Crippen molar-refractivity contribution in [2.45, 2.75) is 37.7 Å². The molecule has 0 N–H and O–H groups in total. The van der Waals surface area contributed by atoms with Crippen molar-refractivity contribution in [3.8, 4) is 0 Å². The van der Waals surface area contributed by atoms with Gasteiger partial charge < -0.3 is 4.74 Å². The van der Waals surface area contributed by atoms with Crippen molar-refractivity contribution in [3.63, 3.8) is 0 Å². The van der Waals surface area contributed by atoms with Crippen LogP contribution in [0.1, 0.15) is 32.1 Å². The maximum Gasteiger partial charge on any atom is 0.166 e. The predicted octanol–water partition coefficient (Wildman–Crippen LogP) is 1.29. The summed E-state index contributed by atoms with van der Waals surface area (Å²) in [4.78, 5) is 11.3. The standard InChI is InChI=1S/C8H12O2/c9-7-3-6-10-8(7)4-1-2-5-8/h1-6H2. The summed E-state index contributed by atoms with van der Waals surface area (Å²) in [6.45, 7) is 0.666. The molecule has 2 rings (SSSR count). The predicted molar refractivity (Wildman–Crippen MR) is 36.8 cm³/mol. The van der Waals surface area contributed by atoms with Crippen LogP contribution in [-0.2, 0) is 9.53 Å². The molecule has 0 unspecified atom stereocenters. The summed E-state index contributed by atoms with van der Waals surface area (Å²) in [7, 11) is 0. The SMILES string of the molecule is O=C1CCOC12CCCC2. The van der Waals surface area contributed by atoms with Gasteiger partial charge in [-0.25, -0.2) is 0 Å². The summed E-state index contributed by atoms with van der Waals surface area (Å²) >= 11 is 0. The third-order valence-corrected chi connectivity index (χ3v) is 2.63. The van der Waals surface area contributed by atoms with Crippen LogP contribution in [0.3, 0.4) is 0 Å². The van der Waals surface area contributed by atoms with Gasteiger partial charge in [0.1, 0.15) is 5.60 Å². The Hall–Kier alpha value is -0.370. The summed E-state index contributed by atoms with van der Waals surface area (Å²) in [6.07, 6.45) is 4.95. The first-order valence-corrected chi connectivity index (χ1v) is 4.01. The molecule has 0 aromatic carbocycles. The molecular weight excluding hydrogens is 128 g/mol. The average Bonchev–Trinajstić information content (AvgIpc) is 2.48. The van der Waals surface area contributed by atoms with E-state index >= 15 is 0 Å². The Labute approximate surface area is 60.6 Å². The van der Waals surface area contributed by atoms with Crippen LogP contribution >= 0.6 is 0 Å². The van der Waals surface area contributed by atoms with Gasteiger partial charge in [0.15, 0.2) is 5.78 Å². The second kappa shape index (κ2) is 2.06. The first-order chi connectivity index (χ1) is 4.83. The molecule has 0 bridgehead atoms. The molecule has 10 heavy (non-hydrogen) atoms. The lowest BCUT2D eigenvalue weighted by Crippen LogP contribution is -2.31. The van der Waals surface area contributed by atoms with E-state index in [1.54, 1.807) is 0 Å². The number of ether oxygens (including phenoxy) is 1. The van der Waals surface area contributed by atoms with Crippen molar-refractivity contribution in [3.05, 3.63) is 0 Å². The van der Waals surface area contributed by atoms with Crippen LogP contribution in [0.15, 0.2) is 0 Å². The lowest BCUT2D eigenvalue weighted by molar-refractivity contribution is -0.130. The molecule has 1 aliphatic carbocycles. The van der Waals surface area contributed by atoms with Crippen molar-refractivity contribution < 1.29 is 9.53 Å². The third kappa shape index (κ3) is 0.717. The smallest absolute Gasteiger partial charge is 0.166 e. The second-order valence-electron chi connectivity index (χ2n) is 3.22. The van der Waals surface area contributed by atoms with Crippen LogP contribution in [-0.4, -0.2) is 18.0 Å². The van der Waals surface area contributed by atoms with Crippen LogP contribution in [0, 0.1) is 0 Å². The van der Waals surface area contributed by atoms with E-state index in [0.29, 0.717) is 18.8 Å². The minimum absolute atomic E-state index is 0.292. The summed E-state index contributed by atoms with van der Waals surface area (Å²) in [5.74, 6) is 0.352.